The summed E-state index contributed by atoms with van der Waals surface area (Å²) < 4.78 is 0. The quantitative estimate of drug-likeness (QED) is 0.750. The van der Waals surface area contributed by atoms with Crippen LogP contribution in [0.1, 0.15) is 22.8 Å². The number of nitrogens with one attached hydrogen (secondary N) is 1. The second-order valence-corrected chi connectivity index (χ2v) is 5.17. The molecule has 0 aliphatic heterocycles. The third-order valence-electron chi connectivity index (χ3n) is 3.55. The summed E-state index contributed by atoms with van der Waals surface area (Å²) in [6.45, 7) is 0. The maximum Gasteiger partial charge on any atom is 0.151 e. The van der Waals surface area contributed by atoms with Crippen LogP contribution in [-0.2, 0) is 25.7 Å². The zero-order valence-corrected chi connectivity index (χ0v) is 12.0. The van der Waals surface area contributed by atoms with Crippen LogP contribution in [0.3, 0.4) is 0 Å². The average molecular weight is 277 g/mol. The molecule has 0 saturated carbocycles. The summed E-state index contributed by atoms with van der Waals surface area (Å²) >= 11 is 0. The van der Waals surface area contributed by atoms with Crippen molar-refractivity contribution in [1.29, 1.82) is 0 Å². The molecule has 3 nitrogen and oxygen atoms in total. The number of hydrogen-bond donors (Lipinski definition) is 1. The maximum atomic E-state index is 4.57. The van der Waals surface area contributed by atoms with Crippen molar-refractivity contribution in [3.8, 4) is 0 Å². The molecule has 1 heterocycles. The van der Waals surface area contributed by atoms with Gasteiger partial charge in [-0.3, -0.25) is 5.10 Å². The number of nitrogens with zero attached hydrogens (tertiary/aromatic N) is 2. The minimum Gasteiger partial charge on any atom is -0.263 e. The summed E-state index contributed by atoms with van der Waals surface area (Å²) in [5.74, 6) is 1.88. The molecule has 1 N–H and O–H groups in total. The van der Waals surface area contributed by atoms with Crippen LogP contribution in [-0.4, -0.2) is 15.2 Å². The molecule has 106 valence electrons. The summed E-state index contributed by atoms with van der Waals surface area (Å²) in [5, 5.41) is 7.36. The van der Waals surface area contributed by atoms with E-state index < -0.39 is 0 Å². The fourth-order valence-corrected chi connectivity index (χ4v) is 2.37. The third kappa shape index (κ3) is 4.02. The van der Waals surface area contributed by atoms with Crippen LogP contribution in [0.25, 0.3) is 0 Å². The van der Waals surface area contributed by atoms with Gasteiger partial charge in [0.05, 0.1) is 0 Å². The van der Waals surface area contributed by atoms with Crippen molar-refractivity contribution < 1.29 is 0 Å². The summed E-state index contributed by atoms with van der Waals surface area (Å²) in [7, 11) is 0. The highest BCUT2D eigenvalue weighted by Crippen LogP contribution is 2.06. The van der Waals surface area contributed by atoms with Crippen molar-refractivity contribution in [3.05, 3.63) is 83.4 Å². The minimum absolute atomic E-state index is 0.881. The molecular formula is C18H19N3. The average Bonchev–Trinajstić information content (AvgIpc) is 3.01. The molecule has 3 heteroatoms. The van der Waals surface area contributed by atoms with Crippen LogP contribution in [0.4, 0.5) is 0 Å². The number of hydrogen-bond acceptors (Lipinski definition) is 2. The summed E-state index contributed by atoms with van der Waals surface area (Å²) in [4.78, 5) is 4.57. The first-order valence-corrected chi connectivity index (χ1v) is 7.38. The zero-order chi connectivity index (χ0) is 14.3. The van der Waals surface area contributed by atoms with Gasteiger partial charge in [0.15, 0.2) is 5.82 Å². The Bertz CT molecular complexity index is 601. The Balaban J connectivity index is 1.52. The predicted octanol–water partition coefficient (Wildman–Crippen LogP) is 3.38. The van der Waals surface area contributed by atoms with Crippen molar-refractivity contribution in [2.75, 3.05) is 0 Å². The summed E-state index contributed by atoms with van der Waals surface area (Å²) in [5.41, 5.74) is 2.66. The van der Waals surface area contributed by atoms with Gasteiger partial charge in [-0.05, 0) is 24.0 Å². The van der Waals surface area contributed by atoms with Crippen molar-refractivity contribution in [2.45, 2.75) is 25.7 Å². The smallest absolute Gasteiger partial charge is 0.151 e. The minimum atomic E-state index is 0.881. The number of aromatic amines is 1. The lowest BCUT2D eigenvalue weighted by molar-refractivity contribution is 0.862. The number of benzene rings is 2. The zero-order valence-electron chi connectivity index (χ0n) is 12.0. The molecule has 0 aliphatic carbocycles. The predicted molar refractivity (Wildman–Crippen MR) is 84.1 cm³/mol. The van der Waals surface area contributed by atoms with Crippen molar-refractivity contribution in [1.82, 2.24) is 15.2 Å². The van der Waals surface area contributed by atoms with Gasteiger partial charge in [0.2, 0.25) is 0 Å². The van der Waals surface area contributed by atoms with E-state index in [-0.39, 0.29) is 0 Å². The van der Waals surface area contributed by atoms with Crippen LogP contribution in [0, 0.1) is 0 Å². The Hall–Kier alpha value is -2.42. The first-order chi connectivity index (χ1) is 10.4. The molecule has 0 saturated heterocycles. The molecule has 0 amide bonds. The summed E-state index contributed by atoms with van der Waals surface area (Å²) in [6.07, 6.45) is 3.76. The van der Waals surface area contributed by atoms with E-state index in [1.165, 1.54) is 11.1 Å². The van der Waals surface area contributed by atoms with Gasteiger partial charge in [0.25, 0.3) is 0 Å². The number of H-pyrrole nitrogens is 1. The fraction of sp³-hybridized carbons (Fsp3) is 0.222. The first kappa shape index (κ1) is 13.6. The molecule has 0 fully saturated rings. The molecule has 3 aromatic rings. The van der Waals surface area contributed by atoms with E-state index in [0.717, 1.165) is 37.3 Å². The van der Waals surface area contributed by atoms with E-state index in [2.05, 4.69) is 63.7 Å². The Morgan fingerprint density at radius 1 is 0.667 bits per heavy atom. The van der Waals surface area contributed by atoms with E-state index in [1.54, 1.807) is 0 Å². The highest BCUT2D eigenvalue weighted by atomic mass is 15.2. The van der Waals surface area contributed by atoms with Gasteiger partial charge >= 0.3 is 0 Å². The van der Waals surface area contributed by atoms with E-state index in [0.29, 0.717) is 0 Å². The second kappa shape index (κ2) is 6.84. The molecule has 0 aliphatic rings. The fourth-order valence-electron chi connectivity index (χ4n) is 2.37. The Morgan fingerprint density at radius 3 is 1.86 bits per heavy atom. The van der Waals surface area contributed by atoms with Gasteiger partial charge in [0, 0.05) is 12.8 Å². The van der Waals surface area contributed by atoms with Crippen molar-refractivity contribution in [2.24, 2.45) is 0 Å². The SMILES string of the molecule is c1ccc(CCc2n[nH]c(CCc3ccccc3)n2)cc1. The van der Waals surface area contributed by atoms with Crippen molar-refractivity contribution in [3.63, 3.8) is 0 Å². The Labute approximate surface area is 125 Å². The number of aromatic nitrogens is 3. The van der Waals surface area contributed by atoms with Crippen LogP contribution < -0.4 is 0 Å². The van der Waals surface area contributed by atoms with Gasteiger partial charge < -0.3 is 0 Å². The highest BCUT2D eigenvalue weighted by Gasteiger charge is 2.04. The highest BCUT2D eigenvalue weighted by molar-refractivity contribution is 5.16. The van der Waals surface area contributed by atoms with E-state index in [9.17, 15) is 0 Å². The molecule has 21 heavy (non-hydrogen) atoms. The van der Waals surface area contributed by atoms with Crippen LogP contribution in [0.15, 0.2) is 60.7 Å². The standard InChI is InChI=1S/C18H19N3/c1-3-7-15(8-4-1)11-13-17-19-18(21-20-17)14-12-16-9-5-2-6-10-16/h1-10H,11-14H2,(H,19,20,21). The first-order valence-electron chi connectivity index (χ1n) is 7.38. The molecule has 0 unspecified atom stereocenters. The molecule has 0 bridgehead atoms. The Kier molecular flexibility index (Phi) is 4.42. The maximum absolute atomic E-state index is 4.57. The third-order valence-corrected chi connectivity index (χ3v) is 3.55. The van der Waals surface area contributed by atoms with Gasteiger partial charge in [-0.15, -0.1) is 0 Å². The largest absolute Gasteiger partial charge is 0.263 e. The van der Waals surface area contributed by atoms with Gasteiger partial charge in [-0.2, -0.15) is 5.10 Å². The lowest BCUT2D eigenvalue weighted by atomic mass is 10.1. The van der Waals surface area contributed by atoms with Crippen LogP contribution >= 0.6 is 0 Å². The van der Waals surface area contributed by atoms with E-state index >= 15 is 0 Å². The summed E-state index contributed by atoms with van der Waals surface area (Å²) in [6, 6.07) is 20.9. The van der Waals surface area contributed by atoms with Crippen molar-refractivity contribution >= 4 is 0 Å². The topological polar surface area (TPSA) is 41.6 Å². The Morgan fingerprint density at radius 2 is 1.24 bits per heavy atom. The monoisotopic (exact) mass is 277 g/mol. The van der Waals surface area contributed by atoms with Gasteiger partial charge in [0.1, 0.15) is 5.82 Å². The molecule has 2 aromatic carbocycles. The number of rotatable bonds is 6. The molecule has 3 rings (SSSR count). The van der Waals surface area contributed by atoms with E-state index in [1.807, 2.05) is 12.1 Å². The molecule has 0 spiro atoms. The molecule has 0 radical (unpaired) electrons. The van der Waals surface area contributed by atoms with Crippen LogP contribution in [0.5, 0.6) is 0 Å². The molecule has 0 atom stereocenters. The molecular weight excluding hydrogens is 258 g/mol. The van der Waals surface area contributed by atoms with Gasteiger partial charge in [-0.25, -0.2) is 4.98 Å². The lowest BCUT2D eigenvalue weighted by Crippen LogP contribution is -1.95. The second-order valence-electron chi connectivity index (χ2n) is 5.17. The van der Waals surface area contributed by atoms with Crippen LogP contribution in [0.2, 0.25) is 0 Å². The number of aryl methyl sites for hydroxylation is 4. The molecule has 1 aromatic heterocycles. The van der Waals surface area contributed by atoms with E-state index in [4.69, 9.17) is 0 Å². The normalized spacial score (nSPS) is 10.7. The lowest BCUT2D eigenvalue weighted by Gasteiger charge is -1.98. The van der Waals surface area contributed by atoms with Gasteiger partial charge in [-0.1, -0.05) is 60.7 Å².